The number of halogens is 1. The van der Waals surface area contributed by atoms with Crippen LogP contribution in [-0.2, 0) is 11.3 Å². The van der Waals surface area contributed by atoms with Crippen LogP contribution in [-0.4, -0.2) is 34.0 Å². The average Bonchev–Trinajstić information content (AvgIpc) is 2.88. The number of hydrogen-bond acceptors (Lipinski definition) is 4. The Kier molecular flexibility index (Phi) is 5.05. The van der Waals surface area contributed by atoms with Crippen LogP contribution in [0.3, 0.4) is 0 Å². The van der Waals surface area contributed by atoms with Crippen LogP contribution in [0.1, 0.15) is 0 Å². The van der Waals surface area contributed by atoms with Crippen LogP contribution in [0.4, 0.5) is 5.69 Å². The molecule has 2 aromatic rings. The van der Waals surface area contributed by atoms with Crippen molar-refractivity contribution in [3.63, 3.8) is 0 Å². The highest BCUT2D eigenvalue weighted by Crippen LogP contribution is 2.15. The molecule has 0 aliphatic carbocycles. The van der Waals surface area contributed by atoms with Crippen molar-refractivity contribution in [1.82, 2.24) is 20.3 Å². The Morgan fingerprint density at radius 3 is 3.05 bits per heavy atom. The van der Waals surface area contributed by atoms with Crippen LogP contribution in [0.5, 0.6) is 0 Å². The Morgan fingerprint density at radius 1 is 1.42 bits per heavy atom. The van der Waals surface area contributed by atoms with Gasteiger partial charge in [-0.2, -0.15) is 0 Å². The van der Waals surface area contributed by atoms with E-state index in [0.29, 0.717) is 13.1 Å². The molecule has 0 aliphatic heterocycles. The van der Waals surface area contributed by atoms with E-state index in [2.05, 4.69) is 36.9 Å². The molecule has 100 valence electrons. The Hall–Kier alpha value is -1.73. The Labute approximate surface area is 119 Å². The summed E-state index contributed by atoms with van der Waals surface area (Å²) in [5.41, 5.74) is 0.775. The maximum absolute atomic E-state index is 11.7. The normalized spacial score (nSPS) is 10.4. The number of nitrogens with zero attached hydrogens (tertiary/aromatic N) is 3. The van der Waals surface area contributed by atoms with E-state index < -0.39 is 0 Å². The summed E-state index contributed by atoms with van der Waals surface area (Å²) in [6.45, 7) is 1.61. The lowest BCUT2D eigenvalue weighted by Crippen LogP contribution is -2.30. The fourth-order valence-electron chi connectivity index (χ4n) is 1.52. The van der Waals surface area contributed by atoms with Crippen LogP contribution in [0.15, 0.2) is 41.1 Å². The summed E-state index contributed by atoms with van der Waals surface area (Å²) in [4.78, 5) is 11.7. The van der Waals surface area contributed by atoms with E-state index in [9.17, 15) is 4.79 Å². The standard InChI is InChI=1S/C12H14BrN5O/c13-10-2-1-3-11(8-10)16-12(19)9-14-4-6-18-7-5-15-17-18/h1-3,5,7-8,14H,4,6,9H2,(H,16,19). The second-order valence-electron chi connectivity index (χ2n) is 3.90. The van der Waals surface area contributed by atoms with Gasteiger partial charge in [-0.15, -0.1) is 5.10 Å². The predicted molar refractivity (Wildman–Crippen MR) is 75.7 cm³/mol. The van der Waals surface area contributed by atoms with Crippen molar-refractivity contribution in [3.8, 4) is 0 Å². The number of anilines is 1. The molecule has 0 unspecified atom stereocenters. The lowest BCUT2D eigenvalue weighted by Gasteiger charge is -2.07. The number of rotatable bonds is 6. The fraction of sp³-hybridized carbons (Fsp3) is 0.250. The molecule has 7 heteroatoms. The lowest BCUT2D eigenvalue weighted by atomic mass is 10.3. The summed E-state index contributed by atoms with van der Waals surface area (Å²) in [6, 6.07) is 7.48. The molecule has 2 N–H and O–H groups in total. The van der Waals surface area contributed by atoms with Crippen molar-refractivity contribution in [2.24, 2.45) is 0 Å². The van der Waals surface area contributed by atoms with E-state index in [1.165, 1.54) is 0 Å². The molecule has 1 aromatic carbocycles. The van der Waals surface area contributed by atoms with Crippen LogP contribution in [0.2, 0.25) is 0 Å². The van der Waals surface area contributed by atoms with Crippen molar-refractivity contribution >= 4 is 27.5 Å². The first-order chi connectivity index (χ1) is 9.24. The van der Waals surface area contributed by atoms with E-state index in [4.69, 9.17) is 0 Å². The van der Waals surface area contributed by atoms with Gasteiger partial charge in [0.15, 0.2) is 0 Å². The van der Waals surface area contributed by atoms with E-state index in [0.717, 1.165) is 10.2 Å². The van der Waals surface area contributed by atoms with Gasteiger partial charge in [0.25, 0.3) is 0 Å². The molecule has 0 spiro atoms. The first-order valence-electron chi connectivity index (χ1n) is 5.84. The highest BCUT2D eigenvalue weighted by molar-refractivity contribution is 9.10. The van der Waals surface area contributed by atoms with Gasteiger partial charge in [-0.05, 0) is 18.2 Å². The van der Waals surface area contributed by atoms with Gasteiger partial charge in [0.05, 0.1) is 19.3 Å². The van der Waals surface area contributed by atoms with Crippen LogP contribution < -0.4 is 10.6 Å². The molecule has 6 nitrogen and oxygen atoms in total. The van der Waals surface area contributed by atoms with Crippen molar-refractivity contribution in [1.29, 1.82) is 0 Å². The van der Waals surface area contributed by atoms with Gasteiger partial charge < -0.3 is 10.6 Å². The Morgan fingerprint density at radius 2 is 2.32 bits per heavy atom. The highest BCUT2D eigenvalue weighted by atomic mass is 79.9. The van der Waals surface area contributed by atoms with Gasteiger partial charge >= 0.3 is 0 Å². The molecule has 1 heterocycles. The van der Waals surface area contributed by atoms with Crippen molar-refractivity contribution in [2.75, 3.05) is 18.4 Å². The molecular weight excluding hydrogens is 310 g/mol. The van der Waals surface area contributed by atoms with Crippen molar-refractivity contribution in [2.45, 2.75) is 6.54 Å². The quantitative estimate of drug-likeness (QED) is 0.785. The molecule has 0 fully saturated rings. The fourth-order valence-corrected chi connectivity index (χ4v) is 1.92. The minimum absolute atomic E-state index is 0.0725. The van der Waals surface area contributed by atoms with E-state index in [-0.39, 0.29) is 12.5 Å². The number of benzene rings is 1. The average molecular weight is 324 g/mol. The second-order valence-corrected chi connectivity index (χ2v) is 4.82. The third-order valence-electron chi connectivity index (χ3n) is 2.38. The van der Waals surface area contributed by atoms with Gasteiger partial charge in [0.2, 0.25) is 5.91 Å². The van der Waals surface area contributed by atoms with Crippen LogP contribution in [0.25, 0.3) is 0 Å². The zero-order chi connectivity index (χ0) is 13.5. The number of carbonyl (C=O) groups excluding carboxylic acids is 1. The molecule has 2 rings (SSSR count). The third-order valence-corrected chi connectivity index (χ3v) is 2.88. The molecule has 0 saturated carbocycles. The Balaban J connectivity index is 1.67. The topological polar surface area (TPSA) is 71.8 Å². The molecule has 1 aromatic heterocycles. The number of nitrogens with one attached hydrogen (secondary N) is 2. The largest absolute Gasteiger partial charge is 0.325 e. The zero-order valence-corrected chi connectivity index (χ0v) is 11.8. The van der Waals surface area contributed by atoms with Crippen molar-refractivity contribution in [3.05, 3.63) is 41.1 Å². The predicted octanol–water partition coefficient (Wildman–Crippen LogP) is 1.27. The minimum Gasteiger partial charge on any atom is -0.325 e. The van der Waals surface area contributed by atoms with Crippen molar-refractivity contribution < 1.29 is 4.79 Å². The molecule has 19 heavy (non-hydrogen) atoms. The summed E-state index contributed by atoms with van der Waals surface area (Å²) in [5.74, 6) is -0.0725. The van der Waals surface area contributed by atoms with E-state index in [1.54, 1.807) is 17.1 Å². The number of aromatic nitrogens is 3. The maximum atomic E-state index is 11.7. The summed E-state index contributed by atoms with van der Waals surface area (Å²) in [7, 11) is 0. The van der Waals surface area contributed by atoms with E-state index >= 15 is 0 Å². The first kappa shape index (κ1) is 13.7. The monoisotopic (exact) mass is 323 g/mol. The maximum Gasteiger partial charge on any atom is 0.238 e. The number of hydrogen-bond donors (Lipinski definition) is 2. The molecular formula is C12H14BrN5O. The van der Waals surface area contributed by atoms with Gasteiger partial charge in [-0.25, -0.2) is 0 Å². The van der Waals surface area contributed by atoms with E-state index in [1.807, 2.05) is 24.3 Å². The number of amides is 1. The van der Waals surface area contributed by atoms with Crippen LogP contribution in [0, 0.1) is 0 Å². The summed E-state index contributed by atoms with van der Waals surface area (Å²) in [6.07, 6.45) is 3.41. The second kappa shape index (κ2) is 7.01. The molecule has 0 bridgehead atoms. The lowest BCUT2D eigenvalue weighted by molar-refractivity contribution is -0.115. The minimum atomic E-state index is -0.0725. The number of carbonyl (C=O) groups is 1. The van der Waals surface area contributed by atoms with Crippen LogP contribution >= 0.6 is 15.9 Å². The molecule has 1 amide bonds. The molecule has 0 saturated heterocycles. The molecule has 0 aliphatic rings. The smallest absolute Gasteiger partial charge is 0.238 e. The summed E-state index contributed by atoms with van der Waals surface area (Å²) in [5, 5.41) is 13.4. The first-order valence-corrected chi connectivity index (χ1v) is 6.63. The van der Waals surface area contributed by atoms with Gasteiger partial charge in [0, 0.05) is 22.9 Å². The zero-order valence-electron chi connectivity index (χ0n) is 10.2. The van der Waals surface area contributed by atoms with Gasteiger partial charge in [0.1, 0.15) is 0 Å². The third kappa shape index (κ3) is 4.80. The van der Waals surface area contributed by atoms with Gasteiger partial charge in [-0.1, -0.05) is 27.2 Å². The highest BCUT2D eigenvalue weighted by Gasteiger charge is 2.02. The summed E-state index contributed by atoms with van der Waals surface area (Å²) < 4.78 is 2.64. The molecule has 0 atom stereocenters. The molecule has 0 radical (unpaired) electrons. The SMILES string of the molecule is O=C(CNCCn1ccnn1)Nc1cccc(Br)c1. The summed E-state index contributed by atoms with van der Waals surface area (Å²) >= 11 is 3.36. The van der Waals surface area contributed by atoms with Gasteiger partial charge in [-0.3, -0.25) is 9.48 Å². The Bertz CT molecular complexity index is 529.